The van der Waals surface area contributed by atoms with Crippen LogP contribution in [0.4, 0.5) is 0 Å². The van der Waals surface area contributed by atoms with Gasteiger partial charge >= 0.3 is 5.97 Å². The minimum atomic E-state index is -1.03. The molecule has 1 aliphatic rings. The van der Waals surface area contributed by atoms with Crippen LogP contribution in [0.5, 0.6) is 0 Å². The van der Waals surface area contributed by atoms with E-state index in [-0.39, 0.29) is 24.4 Å². The van der Waals surface area contributed by atoms with Crippen molar-refractivity contribution < 1.29 is 19.5 Å². The highest BCUT2D eigenvalue weighted by atomic mass is 16.4. The number of hydrogen-bond acceptors (Lipinski definition) is 6. The number of rotatable bonds is 5. The molecule has 0 spiro atoms. The van der Waals surface area contributed by atoms with E-state index in [9.17, 15) is 14.4 Å². The highest BCUT2D eigenvalue weighted by Crippen LogP contribution is 2.19. The van der Waals surface area contributed by atoms with Gasteiger partial charge in [0.15, 0.2) is 0 Å². The van der Waals surface area contributed by atoms with E-state index in [1.54, 1.807) is 29.2 Å². The molecule has 0 aliphatic carbocycles. The average molecular weight is 386 g/mol. The van der Waals surface area contributed by atoms with Crippen LogP contribution < -0.4 is 0 Å². The molecule has 1 aliphatic heterocycles. The van der Waals surface area contributed by atoms with Crippen molar-refractivity contribution >= 4 is 17.8 Å². The van der Waals surface area contributed by atoms with Crippen molar-refractivity contribution in [2.45, 2.75) is 32.2 Å². The van der Waals surface area contributed by atoms with E-state index < -0.39 is 5.97 Å². The second-order valence-corrected chi connectivity index (χ2v) is 6.72. The van der Waals surface area contributed by atoms with E-state index in [0.29, 0.717) is 37.9 Å². The number of carboxylic acids is 1. The molecule has 28 heavy (non-hydrogen) atoms. The highest BCUT2D eigenvalue weighted by Gasteiger charge is 2.27. The summed E-state index contributed by atoms with van der Waals surface area (Å²) in [6, 6.07) is 6.83. The third-order valence-electron chi connectivity index (χ3n) is 4.86. The van der Waals surface area contributed by atoms with E-state index in [0.717, 1.165) is 5.69 Å². The van der Waals surface area contributed by atoms with E-state index in [4.69, 9.17) is 5.11 Å². The number of tetrazole rings is 1. The summed E-state index contributed by atoms with van der Waals surface area (Å²) in [6.07, 6.45) is 3.42. The normalized spacial score (nSPS) is 17.0. The Morgan fingerprint density at radius 2 is 1.93 bits per heavy atom. The molecule has 2 aromatic rings. The Morgan fingerprint density at radius 3 is 2.54 bits per heavy atom. The largest absolute Gasteiger partial charge is 0.480 e. The molecule has 0 radical (unpaired) electrons. The molecular weight excluding hydrogens is 364 g/mol. The third kappa shape index (κ3) is 4.51. The van der Waals surface area contributed by atoms with E-state index in [2.05, 4.69) is 15.5 Å². The van der Waals surface area contributed by atoms with Gasteiger partial charge < -0.3 is 14.9 Å². The predicted octanol–water partition coefficient (Wildman–Crippen LogP) is 0.590. The quantitative estimate of drug-likeness (QED) is 0.798. The van der Waals surface area contributed by atoms with Crippen LogP contribution in [0.1, 0.15) is 36.5 Å². The topological polar surface area (TPSA) is 122 Å². The number of aliphatic carboxylic acids is 1. The van der Waals surface area contributed by atoms with Gasteiger partial charge in [-0.05, 0) is 54.0 Å². The number of hydrogen-bond donors (Lipinski definition) is 1. The highest BCUT2D eigenvalue weighted by molar-refractivity contribution is 5.94. The SMILES string of the molecule is CC(=O)N(CC(=O)O)C1CCCN(C(=O)c2ccc(-n3cnnn3)cc2)CC1. The standard InChI is InChI=1S/C18H22N6O4/c1-13(25)23(11-17(26)27)15-3-2-9-22(10-8-15)18(28)14-4-6-16(7-5-14)24-12-19-20-21-24/h4-7,12,15H,2-3,8-11H2,1H3,(H,26,27). The zero-order valence-corrected chi connectivity index (χ0v) is 15.6. The molecule has 0 saturated carbocycles. The molecular formula is C18H22N6O4. The number of aromatic nitrogens is 4. The monoisotopic (exact) mass is 386 g/mol. The molecule has 1 aromatic carbocycles. The third-order valence-corrected chi connectivity index (χ3v) is 4.86. The molecule has 1 fully saturated rings. The first-order valence-corrected chi connectivity index (χ1v) is 9.07. The summed E-state index contributed by atoms with van der Waals surface area (Å²) in [7, 11) is 0. The van der Waals surface area contributed by atoms with Gasteiger partial charge in [-0.1, -0.05) is 0 Å². The van der Waals surface area contributed by atoms with Gasteiger partial charge in [0, 0.05) is 31.6 Å². The fourth-order valence-corrected chi connectivity index (χ4v) is 3.46. The van der Waals surface area contributed by atoms with Crippen LogP contribution >= 0.6 is 0 Å². The van der Waals surface area contributed by atoms with Gasteiger partial charge in [-0.25, -0.2) is 4.68 Å². The van der Waals surface area contributed by atoms with Crippen molar-refractivity contribution in [1.82, 2.24) is 30.0 Å². The minimum absolute atomic E-state index is 0.0866. The smallest absolute Gasteiger partial charge is 0.323 e. The molecule has 3 rings (SSSR count). The van der Waals surface area contributed by atoms with Crippen molar-refractivity contribution in [2.75, 3.05) is 19.6 Å². The molecule has 1 N–H and O–H groups in total. The average Bonchev–Trinajstić information content (AvgIpc) is 3.10. The molecule has 1 atom stereocenters. The van der Waals surface area contributed by atoms with Crippen LogP contribution in [-0.2, 0) is 9.59 Å². The van der Waals surface area contributed by atoms with Crippen molar-refractivity contribution in [2.24, 2.45) is 0 Å². The molecule has 1 aromatic heterocycles. The summed E-state index contributed by atoms with van der Waals surface area (Å²) in [6.45, 7) is 2.11. The van der Waals surface area contributed by atoms with E-state index in [1.807, 2.05) is 0 Å². The Labute approximate surface area is 161 Å². The molecule has 2 amide bonds. The van der Waals surface area contributed by atoms with Crippen LogP contribution in [0.15, 0.2) is 30.6 Å². The Balaban J connectivity index is 1.65. The summed E-state index contributed by atoms with van der Waals surface area (Å²) in [4.78, 5) is 38.8. The van der Waals surface area contributed by atoms with Gasteiger partial charge in [0.25, 0.3) is 5.91 Å². The number of likely N-dealkylation sites (tertiary alicyclic amines) is 1. The minimum Gasteiger partial charge on any atom is -0.480 e. The number of benzene rings is 1. The maximum absolute atomic E-state index is 12.8. The Morgan fingerprint density at radius 1 is 1.18 bits per heavy atom. The van der Waals surface area contributed by atoms with Crippen LogP contribution in [-0.4, -0.2) is 78.6 Å². The summed E-state index contributed by atoms with van der Waals surface area (Å²) in [5, 5.41) is 20.0. The molecule has 2 heterocycles. The Hall–Kier alpha value is -3.30. The van der Waals surface area contributed by atoms with Gasteiger partial charge in [-0.2, -0.15) is 0 Å². The van der Waals surface area contributed by atoms with E-state index in [1.165, 1.54) is 22.8 Å². The van der Waals surface area contributed by atoms with Crippen molar-refractivity contribution in [3.8, 4) is 5.69 Å². The number of carbonyl (C=O) groups excluding carboxylic acids is 2. The molecule has 1 saturated heterocycles. The zero-order valence-electron chi connectivity index (χ0n) is 15.6. The van der Waals surface area contributed by atoms with Crippen LogP contribution in [0.2, 0.25) is 0 Å². The van der Waals surface area contributed by atoms with Crippen molar-refractivity contribution in [1.29, 1.82) is 0 Å². The first-order chi connectivity index (χ1) is 13.5. The summed E-state index contributed by atoms with van der Waals surface area (Å²) in [5.41, 5.74) is 1.31. The van der Waals surface area contributed by atoms with E-state index >= 15 is 0 Å². The van der Waals surface area contributed by atoms with Crippen LogP contribution in [0.3, 0.4) is 0 Å². The van der Waals surface area contributed by atoms with Crippen molar-refractivity contribution in [3.05, 3.63) is 36.2 Å². The van der Waals surface area contributed by atoms with Gasteiger partial charge in [0.1, 0.15) is 12.9 Å². The predicted molar refractivity (Wildman–Crippen MR) is 97.7 cm³/mol. The molecule has 10 nitrogen and oxygen atoms in total. The van der Waals surface area contributed by atoms with Crippen LogP contribution in [0, 0.1) is 0 Å². The number of nitrogens with zero attached hydrogens (tertiary/aromatic N) is 6. The first-order valence-electron chi connectivity index (χ1n) is 9.07. The Kier molecular flexibility index (Phi) is 5.97. The summed E-state index contributed by atoms with van der Waals surface area (Å²) >= 11 is 0. The second kappa shape index (κ2) is 8.59. The fourth-order valence-electron chi connectivity index (χ4n) is 3.46. The van der Waals surface area contributed by atoms with Gasteiger partial charge in [-0.3, -0.25) is 14.4 Å². The number of amides is 2. The van der Waals surface area contributed by atoms with Gasteiger partial charge in [0.2, 0.25) is 5.91 Å². The number of carbonyl (C=O) groups is 3. The second-order valence-electron chi connectivity index (χ2n) is 6.72. The van der Waals surface area contributed by atoms with Crippen molar-refractivity contribution in [3.63, 3.8) is 0 Å². The lowest BCUT2D eigenvalue weighted by Crippen LogP contribution is -2.43. The fraction of sp³-hybridized carbons (Fsp3) is 0.444. The van der Waals surface area contributed by atoms with Gasteiger partial charge in [-0.15, -0.1) is 5.10 Å². The zero-order chi connectivity index (χ0) is 20.1. The van der Waals surface area contributed by atoms with Gasteiger partial charge in [0.05, 0.1) is 5.69 Å². The first kappa shape index (κ1) is 19.5. The maximum Gasteiger partial charge on any atom is 0.323 e. The maximum atomic E-state index is 12.8. The Bertz CT molecular complexity index is 836. The lowest BCUT2D eigenvalue weighted by atomic mass is 10.1. The lowest BCUT2D eigenvalue weighted by molar-refractivity contribution is -0.145. The molecule has 1 unspecified atom stereocenters. The van der Waals surface area contributed by atoms with Crippen LogP contribution in [0.25, 0.3) is 5.69 Å². The summed E-state index contributed by atoms with van der Waals surface area (Å²) < 4.78 is 1.50. The molecule has 148 valence electrons. The molecule has 10 heteroatoms. The number of carboxylic acid groups (broad SMARTS) is 1. The summed E-state index contributed by atoms with van der Waals surface area (Å²) in [5.74, 6) is -1.38. The lowest BCUT2D eigenvalue weighted by Gasteiger charge is -2.28. The molecule has 0 bridgehead atoms.